The van der Waals surface area contributed by atoms with Crippen LogP contribution >= 0.6 is 0 Å². The summed E-state index contributed by atoms with van der Waals surface area (Å²) < 4.78 is 39.5. The standard InChI is InChI=1S/C78H122N4O27/c1-51(86)82-67-74(101)78(102,109-77-72(100)73(69(97)61(48-84)106-77)108-76-71(99)70(98)68(96)60(47-83)105-76)62(49-85)107-75(67)103-45-24-20-31-56(88)30-14-9-22-43-79-63(91)35-17-6-3-12-32-57(89)50-104-58-40-38-52(39-41-58)53-26-25-27-54(46-53)59(90)33-15-4-7-18-36-65(93)80-42-21-8-13-29-55(87)28-11-2-5-16-34-64(92)81-44-23-10-19-37-66(94)95/h25-27,38-41,46,60-62,67-77,83-85,96-102H,2-24,28-37,42-45,47-50H2,1H3,(H,79,91)(H,80,93)(H,81,92)(H,82,86)(H,94,95)/t60?,61?,62?,67?,68-,69-,70-,71?,72?,73-,74+,75+,76+,77-,78+/m0/s1. The van der Waals surface area contributed by atoms with Crippen LogP contribution in [-0.4, -0.2) is 253 Å². The second-order valence-corrected chi connectivity index (χ2v) is 28.6. The molecule has 109 heavy (non-hydrogen) atoms. The molecule has 2 aromatic carbocycles. The molecule has 0 saturated carbocycles. The van der Waals surface area contributed by atoms with Crippen molar-refractivity contribution in [2.75, 3.05) is 52.7 Å². The predicted octanol–water partition coefficient (Wildman–Crippen LogP) is 3.86. The Morgan fingerprint density at radius 1 is 0.459 bits per heavy atom. The van der Waals surface area contributed by atoms with E-state index in [2.05, 4.69) is 21.3 Å². The average Bonchev–Trinajstić information content (AvgIpc) is 0.751. The van der Waals surface area contributed by atoms with Gasteiger partial charge in [0.25, 0.3) is 0 Å². The van der Waals surface area contributed by atoms with Gasteiger partial charge in [-0.1, -0.05) is 88.1 Å². The molecule has 0 aliphatic carbocycles. The lowest BCUT2D eigenvalue weighted by Gasteiger charge is -2.52. The van der Waals surface area contributed by atoms with Crippen LogP contribution in [-0.2, 0) is 66.8 Å². The topological polar surface area (TPSA) is 489 Å². The maximum atomic E-state index is 13.1. The lowest BCUT2D eigenvalue weighted by Crippen LogP contribution is -2.74. The second-order valence-electron chi connectivity index (χ2n) is 28.6. The maximum Gasteiger partial charge on any atom is 0.303 e. The molecule has 0 radical (unpaired) electrons. The minimum absolute atomic E-state index is 0.0119. The normalized spacial score (nSPS) is 24.7. The van der Waals surface area contributed by atoms with Gasteiger partial charge >= 0.3 is 5.97 Å². The van der Waals surface area contributed by atoms with E-state index in [1.165, 1.54) is 0 Å². The van der Waals surface area contributed by atoms with Crippen LogP contribution < -0.4 is 26.0 Å². The number of amides is 4. The fourth-order valence-electron chi connectivity index (χ4n) is 13.1. The summed E-state index contributed by atoms with van der Waals surface area (Å²) in [6, 6.07) is 13.3. The molecule has 4 amide bonds. The smallest absolute Gasteiger partial charge is 0.303 e. The Hall–Kier alpha value is -6.37. The molecule has 15 atom stereocenters. The third-order valence-electron chi connectivity index (χ3n) is 19.6. The highest BCUT2D eigenvalue weighted by molar-refractivity contribution is 5.97. The Morgan fingerprint density at radius 3 is 1.43 bits per heavy atom. The van der Waals surface area contributed by atoms with Gasteiger partial charge in [-0.3, -0.25) is 43.2 Å². The summed E-state index contributed by atoms with van der Waals surface area (Å²) in [6.07, 6.45) is -3.55. The average molecular weight is 1550 g/mol. The second kappa shape index (κ2) is 52.0. The highest BCUT2D eigenvalue weighted by Crippen LogP contribution is 2.38. The molecule has 3 fully saturated rings. The van der Waals surface area contributed by atoms with Crippen LogP contribution in [0.25, 0.3) is 11.1 Å². The number of carbonyl (C=O) groups is 9. The van der Waals surface area contributed by atoms with Crippen molar-refractivity contribution in [3.63, 3.8) is 0 Å². The highest BCUT2D eigenvalue weighted by Gasteiger charge is 2.61. The number of unbranched alkanes of at least 4 members (excludes halogenated alkanes) is 16. The summed E-state index contributed by atoms with van der Waals surface area (Å²) >= 11 is 0. The van der Waals surface area contributed by atoms with Gasteiger partial charge in [0.1, 0.15) is 91.0 Å². The number of rotatable bonds is 58. The highest BCUT2D eigenvalue weighted by atomic mass is 16.8. The molecule has 2 aromatic rings. The number of hydrogen-bond donors (Lipinski definition) is 15. The quantitative estimate of drug-likeness (QED) is 0.0254. The van der Waals surface area contributed by atoms with E-state index in [-0.39, 0.29) is 66.9 Å². The van der Waals surface area contributed by atoms with Crippen LogP contribution in [0.15, 0.2) is 48.5 Å². The van der Waals surface area contributed by atoms with E-state index in [1.807, 2.05) is 36.4 Å². The van der Waals surface area contributed by atoms with Gasteiger partial charge in [0.2, 0.25) is 29.4 Å². The molecule has 3 aliphatic heterocycles. The Labute approximate surface area is 638 Å². The van der Waals surface area contributed by atoms with Crippen molar-refractivity contribution in [1.29, 1.82) is 0 Å². The van der Waals surface area contributed by atoms with Gasteiger partial charge in [-0.15, -0.1) is 0 Å². The Bertz CT molecular complexity index is 3040. The molecule has 3 aliphatic rings. The van der Waals surface area contributed by atoms with E-state index in [0.29, 0.717) is 134 Å². The largest absolute Gasteiger partial charge is 0.486 e. The SMILES string of the molecule is CC(=O)NC1[C@H](OCCCCC(=O)CCCCCNC(=O)CCCCCCC(=O)COc2ccc(-c3cccc(C(=O)CCCCCCC(=O)NCCCCCC(=O)CCCCCCC(=O)NCCCCCC(=O)O)c3)cc2)OC(CO)[C@@](O)(O[C@@H]2OC(CO)[C@H](O)[C@H](O[C@H]3OC(CO)[C@H](O)[C@H](O)C3O)C2O)[C@@H]1O. The molecule has 31 nitrogen and oxygen atoms in total. The Morgan fingerprint density at radius 2 is 0.927 bits per heavy atom. The number of hydrogen-bond acceptors (Lipinski definition) is 26. The monoisotopic (exact) mass is 1550 g/mol. The Balaban J connectivity index is 0.830. The van der Waals surface area contributed by atoms with Gasteiger partial charge in [-0.2, -0.15) is 0 Å². The molecule has 31 heteroatoms. The third-order valence-corrected chi connectivity index (χ3v) is 19.6. The van der Waals surface area contributed by atoms with Crippen molar-refractivity contribution < 1.29 is 132 Å². The van der Waals surface area contributed by atoms with Crippen molar-refractivity contribution in [1.82, 2.24) is 21.3 Å². The van der Waals surface area contributed by atoms with Crippen LogP contribution in [0.4, 0.5) is 0 Å². The van der Waals surface area contributed by atoms with Crippen molar-refractivity contribution in [2.24, 2.45) is 0 Å². The zero-order valence-electron chi connectivity index (χ0n) is 63.1. The van der Waals surface area contributed by atoms with Crippen molar-refractivity contribution in [2.45, 2.75) is 311 Å². The zero-order chi connectivity index (χ0) is 79.5. The number of carbonyl (C=O) groups excluding carboxylic acids is 8. The minimum atomic E-state index is -3.02. The number of carboxylic acids is 1. The number of ketones is 4. The lowest BCUT2D eigenvalue weighted by molar-refractivity contribution is -0.436. The van der Waals surface area contributed by atoms with E-state index < -0.39 is 123 Å². The molecule has 616 valence electrons. The van der Waals surface area contributed by atoms with Gasteiger partial charge < -0.3 is 111 Å². The number of ether oxygens (including phenoxy) is 7. The fourth-order valence-corrected chi connectivity index (χ4v) is 13.1. The van der Waals surface area contributed by atoms with Crippen LogP contribution in [0, 0.1) is 0 Å². The maximum absolute atomic E-state index is 13.1. The molecule has 0 bridgehead atoms. The van der Waals surface area contributed by atoms with Crippen LogP contribution in [0.5, 0.6) is 5.75 Å². The minimum Gasteiger partial charge on any atom is -0.486 e. The van der Waals surface area contributed by atoms with Crippen molar-refractivity contribution in [3.05, 3.63) is 54.1 Å². The molecule has 5 rings (SSSR count). The fraction of sp³-hybridized carbons (Fsp3) is 0.731. The van der Waals surface area contributed by atoms with Crippen LogP contribution in [0.2, 0.25) is 0 Å². The predicted molar refractivity (Wildman–Crippen MR) is 393 cm³/mol. The number of nitrogens with one attached hydrogen (secondary N) is 4. The van der Waals surface area contributed by atoms with Crippen molar-refractivity contribution in [3.8, 4) is 16.9 Å². The first-order valence-electron chi connectivity index (χ1n) is 39.1. The molecule has 6 unspecified atom stereocenters. The number of aliphatic carboxylic acids is 1. The van der Waals surface area contributed by atoms with Crippen LogP contribution in [0.1, 0.15) is 229 Å². The number of aliphatic hydroxyl groups is 10. The van der Waals surface area contributed by atoms with Gasteiger partial charge in [-0.05, 0) is 119 Å². The summed E-state index contributed by atoms with van der Waals surface area (Å²) in [7, 11) is 0. The summed E-state index contributed by atoms with van der Waals surface area (Å²) in [4.78, 5) is 111. The van der Waals surface area contributed by atoms with Crippen molar-refractivity contribution >= 4 is 52.7 Å². The lowest BCUT2D eigenvalue weighted by atomic mass is 9.92. The van der Waals surface area contributed by atoms with E-state index >= 15 is 0 Å². The summed E-state index contributed by atoms with van der Waals surface area (Å²) in [5, 5.41) is 126. The molecule has 0 aromatic heterocycles. The summed E-state index contributed by atoms with van der Waals surface area (Å²) in [5.74, 6) is -3.74. The summed E-state index contributed by atoms with van der Waals surface area (Å²) in [5.41, 5.74) is 2.41. The molecular formula is C78H122N4O27. The molecular weight excluding hydrogens is 1420 g/mol. The number of Topliss-reactive ketones (excluding diaryl/α,β-unsaturated/α-hetero) is 4. The summed E-state index contributed by atoms with van der Waals surface area (Å²) in [6.45, 7) is -0.233. The molecule has 15 N–H and O–H groups in total. The number of carboxylic acid groups (broad SMARTS) is 1. The zero-order valence-corrected chi connectivity index (χ0v) is 63.1. The molecule has 3 saturated heterocycles. The van der Waals surface area contributed by atoms with E-state index in [0.717, 1.165) is 114 Å². The first kappa shape index (κ1) is 93.2. The molecule has 0 spiro atoms. The van der Waals surface area contributed by atoms with Gasteiger partial charge in [0, 0.05) is 103 Å². The number of benzene rings is 2. The van der Waals surface area contributed by atoms with Gasteiger partial charge in [-0.25, -0.2) is 0 Å². The van der Waals surface area contributed by atoms with Gasteiger partial charge in [0.15, 0.2) is 30.4 Å². The van der Waals surface area contributed by atoms with Gasteiger partial charge in [0.05, 0.1) is 19.8 Å². The number of aliphatic hydroxyl groups excluding tert-OH is 9. The first-order valence-corrected chi connectivity index (χ1v) is 39.1. The van der Waals surface area contributed by atoms with E-state index in [9.17, 15) is 94.2 Å². The van der Waals surface area contributed by atoms with E-state index in [4.69, 9.17) is 38.3 Å². The Kier molecular flexibility index (Phi) is 44.5. The van der Waals surface area contributed by atoms with E-state index in [1.54, 1.807) is 12.1 Å². The van der Waals surface area contributed by atoms with Crippen LogP contribution in [0.3, 0.4) is 0 Å². The first-order chi connectivity index (χ1) is 52.4. The third kappa shape index (κ3) is 34.2. The molecule has 3 heterocycles.